The van der Waals surface area contributed by atoms with Gasteiger partial charge in [0.15, 0.2) is 17.7 Å². The first-order valence-corrected chi connectivity index (χ1v) is 6.90. The van der Waals surface area contributed by atoms with Gasteiger partial charge in [0.1, 0.15) is 18.1 Å². The largest absolute Gasteiger partial charge is 0.458 e. The Morgan fingerprint density at radius 2 is 1.78 bits per heavy atom. The average Bonchev–Trinajstić information content (AvgIpc) is 2.81. The molecule has 0 saturated carbocycles. The van der Waals surface area contributed by atoms with Gasteiger partial charge in [-0.15, -0.1) is 12.4 Å². The van der Waals surface area contributed by atoms with Gasteiger partial charge in [-0.2, -0.15) is 0 Å². The molecule has 2 aromatic rings. The summed E-state index contributed by atoms with van der Waals surface area (Å²) in [6.45, 7) is 3.61. The van der Waals surface area contributed by atoms with Gasteiger partial charge in [0.2, 0.25) is 5.76 Å². The predicted octanol–water partition coefficient (Wildman–Crippen LogP) is 3.47. The van der Waals surface area contributed by atoms with Crippen molar-refractivity contribution in [3.63, 3.8) is 0 Å². The van der Waals surface area contributed by atoms with Crippen LogP contribution in [0.1, 0.15) is 23.0 Å². The number of benzene rings is 1. The molecule has 1 aromatic carbocycles. The predicted molar refractivity (Wildman–Crippen MR) is 87.2 cm³/mol. The molecule has 1 aliphatic heterocycles. The first-order chi connectivity index (χ1) is 10.5. The summed E-state index contributed by atoms with van der Waals surface area (Å²) in [5.74, 6) is 0.831. The minimum absolute atomic E-state index is 0. The van der Waals surface area contributed by atoms with Crippen molar-refractivity contribution in [3.05, 3.63) is 36.0 Å². The van der Waals surface area contributed by atoms with E-state index in [0.29, 0.717) is 22.6 Å². The van der Waals surface area contributed by atoms with Crippen LogP contribution in [0.15, 0.2) is 29.1 Å². The van der Waals surface area contributed by atoms with E-state index in [1.165, 1.54) is 12.5 Å². The van der Waals surface area contributed by atoms with Crippen molar-refractivity contribution in [3.8, 4) is 11.5 Å². The van der Waals surface area contributed by atoms with Crippen molar-refractivity contribution in [1.82, 2.24) is 4.90 Å². The molecule has 0 fully saturated rings. The zero-order valence-corrected chi connectivity index (χ0v) is 14.1. The highest BCUT2D eigenvalue weighted by Crippen LogP contribution is 2.38. The van der Waals surface area contributed by atoms with Gasteiger partial charge in [0, 0.05) is 17.0 Å². The normalized spacial score (nSPS) is 13.8. The summed E-state index contributed by atoms with van der Waals surface area (Å²) < 4.78 is 21.7. The Morgan fingerprint density at radius 3 is 2.39 bits per heavy atom. The molecule has 3 rings (SSSR count). The number of halogens is 1. The lowest BCUT2D eigenvalue weighted by Gasteiger charge is -2.19. The molecule has 0 spiro atoms. The maximum Gasteiger partial charge on any atom is 0.376 e. The van der Waals surface area contributed by atoms with E-state index < -0.39 is 5.97 Å². The van der Waals surface area contributed by atoms with Crippen LogP contribution in [0.4, 0.5) is 0 Å². The van der Waals surface area contributed by atoms with E-state index in [1.54, 1.807) is 24.0 Å². The van der Waals surface area contributed by atoms with Crippen LogP contribution in [0.2, 0.25) is 0 Å². The molecule has 0 saturated heterocycles. The van der Waals surface area contributed by atoms with Crippen LogP contribution in [0, 0.1) is 6.92 Å². The zero-order valence-electron chi connectivity index (χ0n) is 13.3. The van der Waals surface area contributed by atoms with Gasteiger partial charge >= 0.3 is 5.97 Å². The lowest BCUT2D eigenvalue weighted by Crippen LogP contribution is -2.30. The van der Waals surface area contributed by atoms with Gasteiger partial charge in [0.05, 0.1) is 0 Å². The number of fused-ring (bicyclic) bond motifs is 2. The summed E-state index contributed by atoms with van der Waals surface area (Å²) in [4.78, 5) is 14.0. The average molecular weight is 340 g/mol. The molecule has 0 radical (unpaired) electrons. The second-order valence-corrected chi connectivity index (χ2v) is 5.33. The molecule has 23 heavy (non-hydrogen) atoms. The highest BCUT2D eigenvalue weighted by Gasteiger charge is 2.23. The molecule has 0 bridgehead atoms. The SMILES string of the molecule is Cc1c(C(=O)OC(C)N(C)C)oc2cc3c(cc12)OC=CO3.Cl. The number of hydrogen-bond acceptors (Lipinski definition) is 6. The standard InChI is InChI=1S/C16H17NO5.ClH/c1-9-11-7-13-14(20-6-5-19-13)8-12(11)22-15(9)16(18)21-10(2)17(3)4;/h5-8,10H,1-4H3;1H. The van der Waals surface area contributed by atoms with Crippen LogP contribution in [0.25, 0.3) is 11.0 Å². The van der Waals surface area contributed by atoms with Crippen LogP contribution in [-0.2, 0) is 4.74 Å². The first kappa shape index (κ1) is 17.2. The van der Waals surface area contributed by atoms with Crippen LogP contribution in [0.5, 0.6) is 11.5 Å². The smallest absolute Gasteiger partial charge is 0.376 e. The Labute approximate surface area is 140 Å². The Hall–Kier alpha value is -2.18. The molecular formula is C16H18ClNO5. The Bertz CT molecular complexity index is 765. The van der Waals surface area contributed by atoms with E-state index >= 15 is 0 Å². The molecular weight excluding hydrogens is 322 g/mol. The highest BCUT2D eigenvalue weighted by atomic mass is 35.5. The number of nitrogens with zero attached hydrogens (tertiary/aromatic N) is 1. The fourth-order valence-electron chi connectivity index (χ4n) is 2.12. The van der Waals surface area contributed by atoms with Crippen LogP contribution >= 0.6 is 12.4 Å². The third kappa shape index (κ3) is 3.13. The fraction of sp³-hybridized carbons (Fsp3) is 0.312. The second-order valence-electron chi connectivity index (χ2n) is 5.33. The maximum absolute atomic E-state index is 12.3. The van der Waals surface area contributed by atoms with Crippen LogP contribution in [-0.4, -0.2) is 31.2 Å². The van der Waals surface area contributed by atoms with Gasteiger partial charge in [-0.3, -0.25) is 4.90 Å². The summed E-state index contributed by atoms with van der Waals surface area (Å²) in [6.07, 6.45) is 2.55. The summed E-state index contributed by atoms with van der Waals surface area (Å²) in [7, 11) is 3.67. The topological polar surface area (TPSA) is 61.1 Å². The van der Waals surface area contributed by atoms with E-state index in [0.717, 1.165) is 5.39 Å². The number of rotatable bonds is 3. The summed E-state index contributed by atoms with van der Waals surface area (Å²) in [5, 5.41) is 0.794. The lowest BCUT2D eigenvalue weighted by atomic mass is 10.1. The van der Waals surface area contributed by atoms with E-state index in [4.69, 9.17) is 18.6 Å². The number of hydrogen-bond donors (Lipinski definition) is 0. The number of ether oxygens (including phenoxy) is 3. The number of aryl methyl sites for hydroxylation is 1. The lowest BCUT2D eigenvalue weighted by molar-refractivity contribution is -0.00827. The molecule has 1 atom stereocenters. The highest BCUT2D eigenvalue weighted by molar-refractivity contribution is 5.97. The molecule has 1 aliphatic rings. The minimum Gasteiger partial charge on any atom is -0.458 e. The van der Waals surface area contributed by atoms with Crippen LogP contribution < -0.4 is 9.47 Å². The van der Waals surface area contributed by atoms with Gasteiger partial charge < -0.3 is 18.6 Å². The first-order valence-electron chi connectivity index (χ1n) is 6.90. The van der Waals surface area contributed by atoms with Gasteiger partial charge in [-0.25, -0.2) is 4.79 Å². The van der Waals surface area contributed by atoms with E-state index in [2.05, 4.69) is 0 Å². The van der Waals surface area contributed by atoms with Gasteiger partial charge in [-0.05, 0) is 34.0 Å². The minimum atomic E-state index is -0.493. The van der Waals surface area contributed by atoms with Crippen LogP contribution in [0.3, 0.4) is 0 Å². The molecule has 6 nitrogen and oxygen atoms in total. The summed E-state index contributed by atoms with van der Waals surface area (Å²) in [6, 6.07) is 3.49. The molecule has 2 heterocycles. The van der Waals surface area contributed by atoms with Crippen molar-refractivity contribution in [2.75, 3.05) is 14.1 Å². The quantitative estimate of drug-likeness (QED) is 0.630. The Morgan fingerprint density at radius 1 is 1.17 bits per heavy atom. The number of carbonyl (C=O) groups excluding carboxylic acids is 1. The fourth-order valence-corrected chi connectivity index (χ4v) is 2.12. The monoisotopic (exact) mass is 339 g/mol. The molecule has 0 amide bonds. The van der Waals surface area contributed by atoms with Gasteiger partial charge in [0.25, 0.3) is 0 Å². The Kier molecular flexibility index (Phi) is 4.87. The third-order valence-corrected chi connectivity index (χ3v) is 3.64. The summed E-state index contributed by atoms with van der Waals surface area (Å²) >= 11 is 0. The van der Waals surface area contributed by atoms with Crippen molar-refractivity contribution in [1.29, 1.82) is 0 Å². The number of esters is 1. The number of carbonyl (C=O) groups is 1. The molecule has 7 heteroatoms. The molecule has 124 valence electrons. The van der Waals surface area contributed by atoms with Crippen molar-refractivity contribution < 1.29 is 23.4 Å². The van der Waals surface area contributed by atoms with Crippen molar-refractivity contribution in [2.45, 2.75) is 20.1 Å². The molecule has 1 unspecified atom stereocenters. The summed E-state index contributed by atoms with van der Waals surface area (Å²) in [5.41, 5.74) is 1.27. The molecule has 0 aliphatic carbocycles. The Balaban J connectivity index is 0.00000192. The van der Waals surface area contributed by atoms with Crippen molar-refractivity contribution in [2.24, 2.45) is 0 Å². The van der Waals surface area contributed by atoms with Crippen molar-refractivity contribution >= 4 is 29.3 Å². The second kappa shape index (κ2) is 6.52. The van der Waals surface area contributed by atoms with E-state index in [9.17, 15) is 4.79 Å². The third-order valence-electron chi connectivity index (χ3n) is 3.64. The van der Waals surface area contributed by atoms with Gasteiger partial charge in [-0.1, -0.05) is 0 Å². The van der Waals surface area contributed by atoms with E-state index in [1.807, 2.05) is 21.0 Å². The molecule has 1 aromatic heterocycles. The number of furan rings is 1. The molecule has 0 N–H and O–H groups in total. The van der Waals surface area contributed by atoms with E-state index in [-0.39, 0.29) is 24.4 Å². The zero-order chi connectivity index (χ0) is 15.9. The maximum atomic E-state index is 12.3.